The fourth-order valence-corrected chi connectivity index (χ4v) is 11.7. The van der Waals surface area contributed by atoms with E-state index < -0.39 is 237 Å². The molecule has 0 aromatic carbocycles. The zero-order chi connectivity index (χ0) is 64.2. The minimum atomic E-state index is -6.76. The molecule has 0 radical (unpaired) electrons. The summed E-state index contributed by atoms with van der Waals surface area (Å²) in [4.78, 5) is 0. The maximum absolute atomic E-state index is 12.3. The second kappa shape index (κ2) is 29.9. The molecular formula is C18H34KO52S12+. The molecule has 0 saturated carbocycles. The summed E-state index contributed by atoms with van der Waals surface area (Å²) in [5.41, 5.74) is 0. The number of ether oxygens (including phenoxy) is 4. The molecule has 0 unspecified atom stereocenters. The van der Waals surface area contributed by atoms with Gasteiger partial charge in [-0.25, -0.2) is 50.2 Å². The van der Waals surface area contributed by atoms with Crippen LogP contribution in [0.25, 0.3) is 0 Å². The Hall–Kier alpha value is -0.0836. The smallest absolute Gasteiger partial charge is 0.347 e. The van der Waals surface area contributed by atoms with Gasteiger partial charge in [-0.3, -0.25) is 54.6 Å². The molecule has 2 heterocycles. The van der Waals surface area contributed by atoms with E-state index in [2.05, 4.69) is 50.2 Å². The van der Waals surface area contributed by atoms with Crippen LogP contribution < -0.4 is 51.4 Å². The average Bonchev–Trinajstić information content (AvgIpc) is 3.16. The Morgan fingerprint density at radius 2 is 0.506 bits per heavy atom. The SMILES string of the molecule is O=S(=O)(O)OC[C@H]1O[C@@H](OC[C@H](OS(=O)(=O)O)[C@@H](OS(=O)(=O)O)[C@@H](OS(=O)(=O)O)[C@@H](CO[C@@H]2O[C@H](COS(=O)(=O)O)[C@@H](OS(=O)(=O)O)[C@H](OS(=O)(=O)O)[C@H]2OS(=O)(=O)O)OS(=O)(=O)O)[C@H](OS(=O)(=O)O)[C@@H](OS(=O)(=O)O)[C@@H]1OS(=O)(=O)O.[K+]. The summed E-state index contributed by atoms with van der Waals surface area (Å²) < 4.78 is 467. The molecule has 2 fully saturated rings. The summed E-state index contributed by atoms with van der Waals surface area (Å²) in [6.45, 7) is -9.34. The Kier molecular flexibility index (Phi) is 29.2. The van der Waals surface area contributed by atoms with Gasteiger partial charge in [-0.1, -0.05) is 0 Å². The zero-order valence-electron chi connectivity index (χ0n) is 38.5. The van der Waals surface area contributed by atoms with Crippen molar-refractivity contribution < 1.29 is 276 Å². The number of rotatable bonds is 35. The van der Waals surface area contributed by atoms with Gasteiger partial charge in [0, 0.05) is 0 Å². The maximum atomic E-state index is 12.3. The normalized spacial score (nSPS) is 26.7. The molecule has 0 aromatic heterocycles. The van der Waals surface area contributed by atoms with Gasteiger partial charge >= 0.3 is 176 Å². The van der Waals surface area contributed by atoms with Crippen molar-refractivity contribution in [2.45, 2.75) is 85.8 Å². The van der Waals surface area contributed by atoms with Crippen LogP contribution in [0.1, 0.15) is 0 Å². The molecule has 490 valence electrons. The van der Waals surface area contributed by atoms with Gasteiger partial charge in [0.1, 0.15) is 61.0 Å². The van der Waals surface area contributed by atoms with Crippen molar-refractivity contribution >= 4 is 125 Å². The van der Waals surface area contributed by atoms with Crippen molar-refractivity contribution in [3.63, 3.8) is 0 Å². The van der Waals surface area contributed by atoms with E-state index in [9.17, 15) is 147 Å². The molecule has 0 spiro atoms. The molecule has 0 bridgehead atoms. The summed E-state index contributed by atoms with van der Waals surface area (Å²) >= 11 is 0. The average molecular weight is 1510 g/mol. The van der Waals surface area contributed by atoms with Gasteiger partial charge in [-0.05, 0) is 0 Å². The van der Waals surface area contributed by atoms with Crippen LogP contribution in [0.15, 0.2) is 0 Å². The Balaban J connectivity index is 0.0000344. The van der Waals surface area contributed by atoms with Gasteiger partial charge in [-0.15, -0.1) is 0 Å². The topological polar surface area (TPSA) is 800 Å². The molecule has 0 aromatic rings. The van der Waals surface area contributed by atoms with Gasteiger partial charge in [0.25, 0.3) is 0 Å². The molecule has 2 rings (SSSR count). The molecule has 2 aliphatic heterocycles. The Bertz CT molecular complexity index is 3390. The molecule has 2 saturated heterocycles. The third-order valence-electron chi connectivity index (χ3n) is 8.20. The molecule has 0 amide bonds. The van der Waals surface area contributed by atoms with Crippen molar-refractivity contribution in [3.8, 4) is 0 Å². The Labute approximate surface area is 508 Å². The van der Waals surface area contributed by atoms with Crippen LogP contribution in [0.5, 0.6) is 0 Å². The third kappa shape index (κ3) is 34.1. The van der Waals surface area contributed by atoms with Crippen molar-refractivity contribution in [3.05, 3.63) is 0 Å². The van der Waals surface area contributed by atoms with Gasteiger partial charge in [0.2, 0.25) is 0 Å². The van der Waals surface area contributed by atoms with E-state index in [0.717, 1.165) is 0 Å². The first kappa shape index (κ1) is 80.9. The van der Waals surface area contributed by atoms with E-state index in [0.29, 0.717) is 0 Å². The predicted octanol–water partition coefficient (Wildman–Crippen LogP) is -13.0. The molecule has 65 heteroatoms. The summed E-state index contributed by atoms with van der Waals surface area (Å²) in [7, 11) is -76.5. The van der Waals surface area contributed by atoms with Crippen LogP contribution in [0, 0.1) is 0 Å². The molecule has 0 aliphatic carbocycles. The predicted molar refractivity (Wildman–Crippen MR) is 228 cm³/mol. The third-order valence-corrected chi connectivity index (χ3v) is 13.8. The van der Waals surface area contributed by atoms with Crippen molar-refractivity contribution in [1.29, 1.82) is 0 Å². The van der Waals surface area contributed by atoms with Gasteiger partial charge in [0.15, 0.2) is 24.8 Å². The van der Waals surface area contributed by atoms with Crippen LogP contribution in [0.4, 0.5) is 0 Å². The van der Waals surface area contributed by atoms with E-state index in [4.69, 9.17) is 28.1 Å². The van der Waals surface area contributed by atoms with Crippen molar-refractivity contribution in [2.75, 3.05) is 26.4 Å². The molecule has 14 atom stereocenters. The summed E-state index contributed by atoms with van der Waals surface area (Å²) in [5.74, 6) is 0. The number of hydrogen-bond donors (Lipinski definition) is 12. The van der Waals surface area contributed by atoms with E-state index in [1.54, 1.807) is 0 Å². The summed E-state index contributed by atoms with van der Waals surface area (Å²) in [5, 5.41) is 0. The molecular weight excluding hydrogens is 1470 g/mol. The maximum Gasteiger partial charge on any atom is 1.00 e. The zero-order valence-corrected chi connectivity index (χ0v) is 51.4. The first-order valence-corrected chi connectivity index (χ1v) is 34.8. The first-order valence-electron chi connectivity index (χ1n) is 18.4. The van der Waals surface area contributed by atoms with Gasteiger partial charge in [-0.2, -0.15) is 101 Å². The fourth-order valence-electron chi connectivity index (χ4n) is 6.08. The molecule has 83 heavy (non-hydrogen) atoms. The summed E-state index contributed by atoms with van der Waals surface area (Å²) in [6.07, 6.45) is -50.0. The van der Waals surface area contributed by atoms with Gasteiger partial charge in [0.05, 0.1) is 26.4 Å². The van der Waals surface area contributed by atoms with E-state index >= 15 is 0 Å². The van der Waals surface area contributed by atoms with Crippen molar-refractivity contribution in [2.24, 2.45) is 0 Å². The molecule has 52 nitrogen and oxygen atoms in total. The summed E-state index contributed by atoms with van der Waals surface area (Å²) in [6, 6.07) is 0. The van der Waals surface area contributed by atoms with E-state index in [1.165, 1.54) is 0 Å². The van der Waals surface area contributed by atoms with Gasteiger partial charge < -0.3 is 18.9 Å². The van der Waals surface area contributed by atoms with Crippen LogP contribution in [-0.2, 0) is 194 Å². The molecule has 12 N–H and O–H groups in total. The van der Waals surface area contributed by atoms with Crippen LogP contribution in [0.2, 0.25) is 0 Å². The van der Waals surface area contributed by atoms with E-state index in [1.807, 2.05) is 0 Å². The molecule has 2 aliphatic rings. The van der Waals surface area contributed by atoms with Crippen molar-refractivity contribution in [1.82, 2.24) is 0 Å². The van der Waals surface area contributed by atoms with Crippen LogP contribution >= 0.6 is 0 Å². The minimum absolute atomic E-state index is 0. The quantitative estimate of drug-likeness (QED) is 0.0207. The first-order chi connectivity index (χ1) is 36.1. The Morgan fingerprint density at radius 3 is 0.711 bits per heavy atom. The monoisotopic (exact) mass is 1500 g/mol. The fraction of sp³-hybridized carbons (Fsp3) is 1.00. The standard InChI is InChI=1S/C18H34O52S12.K/c19-71(20,21)57-3-5-9(63-75(31,32)33)13(67-79(43,44)45)15(69-81(49,50)51)17(59-5)55-1-7(61-73(25,26)27)11(65-77(37,38)39)12(66-78(40,41)42)8(62-74(28,29)30)2-56-18-16(70-82(52,53)54)14(68-80(46,47)48)10(64-76(34,35)36)6(60-18)4-58-72(22,23)24;/h5-18H,1-4H2,(H,19,20,21)(H,22,23,24)(H,25,26,27)(H,28,29,30)(H,31,32,33)(H,34,35,36)(H,37,38,39)(H,40,41,42)(H,43,44,45)(H,46,47,48)(H,49,50,51)(H,52,53,54);/q;+1/t5-,6-,7-,8+,9-,10-,11+,12-,13+,14+,15-,16-,17-,18-;/m1./s1. The second-order valence-electron chi connectivity index (χ2n) is 14.2. The van der Waals surface area contributed by atoms with Crippen LogP contribution in [-0.4, -0.2) is 268 Å². The Morgan fingerprint density at radius 1 is 0.289 bits per heavy atom. The second-order valence-corrected chi connectivity index (χ2v) is 26.9. The number of hydrogen-bond acceptors (Lipinski definition) is 40. The minimum Gasteiger partial charge on any atom is -0.347 e. The van der Waals surface area contributed by atoms with E-state index in [-0.39, 0.29) is 51.4 Å². The largest absolute Gasteiger partial charge is 1.00 e. The van der Waals surface area contributed by atoms with Crippen LogP contribution in [0.3, 0.4) is 0 Å².